The van der Waals surface area contributed by atoms with Crippen LogP contribution in [0.3, 0.4) is 0 Å². The monoisotopic (exact) mass is 120 g/mol. The van der Waals surface area contributed by atoms with Crippen molar-refractivity contribution in [3.05, 3.63) is 0 Å². The summed E-state index contributed by atoms with van der Waals surface area (Å²) >= 11 is 0. The van der Waals surface area contributed by atoms with Gasteiger partial charge in [-0.2, -0.15) is 13.2 Å². The first kappa shape index (κ1) is 5.98. The second-order valence-corrected chi connectivity index (χ2v) is 2.05. The highest BCUT2D eigenvalue weighted by molar-refractivity contribution is 6.13. The summed E-state index contributed by atoms with van der Waals surface area (Å²) < 4.78 is 34.2. The fourth-order valence-electron chi connectivity index (χ4n) is 0.591. The van der Waals surface area contributed by atoms with E-state index in [1.165, 1.54) is 0 Å². The summed E-state index contributed by atoms with van der Waals surface area (Å²) in [7, 11) is 4.93. The van der Waals surface area contributed by atoms with E-state index < -0.39 is 17.9 Å². The predicted molar refractivity (Wildman–Crippen MR) is 23.7 cm³/mol. The van der Waals surface area contributed by atoms with E-state index in [0.29, 0.717) is 0 Å². The standard InChI is InChI=1S/C4H4BF3/c5-3-1-2(3)4(6,7)8/h2-3H,1H2/t2-,3-/m1/s1. The van der Waals surface area contributed by atoms with Crippen molar-refractivity contribution in [2.75, 3.05) is 0 Å². The smallest absolute Gasteiger partial charge is 0.171 e. The van der Waals surface area contributed by atoms with Crippen LogP contribution in [-0.4, -0.2) is 14.0 Å². The quantitative estimate of drug-likeness (QED) is 0.425. The molecule has 0 heterocycles. The van der Waals surface area contributed by atoms with Gasteiger partial charge < -0.3 is 0 Å². The maximum atomic E-state index is 11.4. The van der Waals surface area contributed by atoms with Gasteiger partial charge in [0.05, 0.1) is 7.85 Å². The minimum Gasteiger partial charge on any atom is -0.171 e. The third-order valence-corrected chi connectivity index (χ3v) is 1.26. The van der Waals surface area contributed by atoms with Crippen molar-refractivity contribution < 1.29 is 13.2 Å². The van der Waals surface area contributed by atoms with Gasteiger partial charge in [-0.05, 0) is 6.42 Å². The molecule has 1 aliphatic rings. The highest BCUT2D eigenvalue weighted by Crippen LogP contribution is 2.52. The van der Waals surface area contributed by atoms with Gasteiger partial charge in [0, 0.05) is 5.92 Å². The van der Waals surface area contributed by atoms with Crippen LogP contribution in [-0.2, 0) is 0 Å². The van der Waals surface area contributed by atoms with Gasteiger partial charge in [-0.3, -0.25) is 0 Å². The Bertz CT molecular complexity index is 97.9. The topological polar surface area (TPSA) is 0 Å². The van der Waals surface area contributed by atoms with Crippen LogP contribution in [0.25, 0.3) is 0 Å². The molecular weight excluding hydrogens is 116 g/mol. The maximum absolute atomic E-state index is 11.4. The highest BCUT2D eigenvalue weighted by Gasteiger charge is 2.52. The van der Waals surface area contributed by atoms with Crippen LogP contribution < -0.4 is 0 Å². The van der Waals surface area contributed by atoms with Crippen molar-refractivity contribution in [3.63, 3.8) is 0 Å². The average Bonchev–Trinajstić information content (AvgIpc) is 2.13. The largest absolute Gasteiger partial charge is 0.391 e. The van der Waals surface area contributed by atoms with Gasteiger partial charge in [-0.1, -0.05) is 5.82 Å². The van der Waals surface area contributed by atoms with Gasteiger partial charge in [0.2, 0.25) is 0 Å². The van der Waals surface area contributed by atoms with E-state index in [1.54, 1.807) is 0 Å². The molecular formula is C4H4BF3. The lowest BCUT2D eigenvalue weighted by atomic mass is 10.0. The van der Waals surface area contributed by atoms with E-state index in [0.717, 1.165) is 0 Å². The van der Waals surface area contributed by atoms with E-state index in [9.17, 15) is 13.2 Å². The molecule has 2 radical (unpaired) electrons. The van der Waals surface area contributed by atoms with E-state index in [1.807, 2.05) is 0 Å². The number of alkyl halides is 3. The zero-order chi connectivity index (χ0) is 6.36. The van der Waals surface area contributed by atoms with Crippen LogP contribution in [0.5, 0.6) is 0 Å². The summed E-state index contributed by atoms with van der Waals surface area (Å²) in [4.78, 5) is 0. The van der Waals surface area contributed by atoms with Crippen LogP contribution in [0, 0.1) is 5.92 Å². The van der Waals surface area contributed by atoms with Crippen LogP contribution in [0.1, 0.15) is 6.42 Å². The van der Waals surface area contributed by atoms with Crippen LogP contribution in [0.15, 0.2) is 0 Å². The second kappa shape index (κ2) is 1.42. The zero-order valence-electron chi connectivity index (χ0n) is 4.07. The molecule has 0 aromatic rings. The van der Waals surface area contributed by atoms with Crippen molar-refractivity contribution in [2.45, 2.75) is 18.4 Å². The molecule has 0 spiro atoms. The third-order valence-electron chi connectivity index (χ3n) is 1.26. The van der Waals surface area contributed by atoms with Gasteiger partial charge in [-0.15, -0.1) is 0 Å². The molecule has 0 nitrogen and oxygen atoms in total. The first-order valence-corrected chi connectivity index (χ1v) is 2.34. The first-order valence-electron chi connectivity index (χ1n) is 2.34. The number of rotatable bonds is 0. The summed E-state index contributed by atoms with van der Waals surface area (Å²) in [5, 5.41) is 0. The molecule has 1 fully saturated rings. The molecule has 2 atom stereocenters. The summed E-state index contributed by atoms with van der Waals surface area (Å²) in [6, 6.07) is 0. The minimum absolute atomic E-state index is 0.115. The Morgan fingerprint density at radius 3 is 1.75 bits per heavy atom. The summed E-state index contributed by atoms with van der Waals surface area (Å²) in [5.74, 6) is -1.82. The van der Waals surface area contributed by atoms with Gasteiger partial charge in [-0.25, -0.2) is 0 Å². The van der Waals surface area contributed by atoms with Gasteiger partial charge >= 0.3 is 6.18 Å². The molecule has 0 saturated heterocycles. The summed E-state index contributed by atoms with van der Waals surface area (Å²) in [6.07, 6.45) is -3.93. The molecule has 0 N–H and O–H groups in total. The average molecular weight is 120 g/mol. The number of hydrogen-bond acceptors (Lipinski definition) is 0. The molecule has 0 aromatic carbocycles. The molecule has 0 unspecified atom stereocenters. The number of hydrogen-bond donors (Lipinski definition) is 0. The van der Waals surface area contributed by atoms with Crippen LogP contribution in [0.2, 0.25) is 5.82 Å². The Hall–Kier alpha value is -0.145. The molecule has 1 saturated carbocycles. The molecule has 0 aliphatic heterocycles. The Balaban J connectivity index is 2.39. The maximum Gasteiger partial charge on any atom is 0.391 e. The molecule has 1 aliphatic carbocycles. The lowest BCUT2D eigenvalue weighted by Crippen LogP contribution is -2.10. The molecule has 1 rings (SSSR count). The lowest BCUT2D eigenvalue weighted by Gasteiger charge is -2.01. The van der Waals surface area contributed by atoms with Crippen molar-refractivity contribution in [3.8, 4) is 0 Å². The van der Waals surface area contributed by atoms with Gasteiger partial charge in [0.15, 0.2) is 0 Å². The zero-order valence-corrected chi connectivity index (χ0v) is 4.07. The summed E-state index contributed by atoms with van der Waals surface area (Å²) in [6.45, 7) is 0. The minimum atomic E-state index is -4.04. The van der Waals surface area contributed by atoms with Crippen molar-refractivity contribution in [1.82, 2.24) is 0 Å². The Morgan fingerprint density at radius 1 is 1.38 bits per heavy atom. The van der Waals surface area contributed by atoms with Crippen LogP contribution in [0.4, 0.5) is 13.2 Å². The highest BCUT2D eigenvalue weighted by atomic mass is 19.4. The van der Waals surface area contributed by atoms with Gasteiger partial charge in [0.25, 0.3) is 0 Å². The van der Waals surface area contributed by atoms with Crippen molar-refractivity contribution in [1.29, 1.82) is 0 Å². The molecule has 0 aromatic heterocycles. The normalized spacial score (nSPS) is 37.4. The molecule has 0 bridgehead atoms. The lowest BCUT2D eigenvalue weighted by molar-refractivity contribution is -0.147. The molecule has 44 valence electrons. The SMILES string of the molecule is [B][C@@H]1C[C@H]1C(F)(F)F. The molecule has 8 heavy (non-hydrogen) atoms. The van der Waals surface area contributed by atoms with E-state index in [-0.39, 0.29) is 6.42 Å². The predicted octanol–water partition coefficient (Wildman–Crippen LogP) is 1.53. The van der Waals surface area contributed by atoms with E-state index >= 15 is 0 Å². The fourth-order valence-corrected chi connectivity index (χ4v) is 0.591. The Morgan fingerprint density at radius 2 is 1.75 bits per heavy atom. The fraction of sp³-hybridized carbons (Fsp3) is 1.00. The van der Waals surface area contributed by atoms with E-state index in [4.69, 9.17) is 7.85 Å². The Labute approximate surface area is 46.5 Å². The molecule has 4 heteroatoms. The van der Waals surface area contributed by atoms with Crippen molar-refractivity contribution in [2.24, 2.45) is 5.92 Å². The molecule has 0 amide bonds. The first-order chi connectivity index (χ1) is 3.52. The van der Waals surface area contributed by atoms with E-state index in [2.05, 4.69) is 0 Å². The van der Waals surface area contributed by atoms with Gasteiger partial charge in [0.1, 0.15) is 0 Å². The summed E-state index contributed by atoms with van der Waals surface area (Å²) in [5.41, 5.74) is 0. The Kier molecular flexibility index (Phi) is 1.06. The third kappa shape index (κ3) is 0.982. The second-order valence-electron chi connectivity index (χ2n) is 2.05. The number of halogens is 3. The van der Waals surface area contributed by atoms with Crippen molar-refractivity contribution >= 4 is 7.85 Å². The van der Waals surface area contributed by atoms with Crippen LogP contribution >= 0.6 is 0 Å².